The van der Waals surface area contributed by atoms with E-state index >= 15 is 0 Å². The quantitative estimate of drug-likeness (QED) is 0.895. The maximum atomic E-state index is 9.48. The highest BCUT2D eigenvalue weighted by atomic mass is 16.3. The number of aryl methyl sites for hydroxylation is 2. The molecule has 114 valence electrons. The molecular formula is C20H23NO. The van der Waals surface area contributed by atoms with Crippen LogP contribution >= 0.6 is 0 Å². The molecule has 2 aliphatic heterocycles. The molecule has 1 unspecified atom stereocenters. The Bertz CT molecular complexity index is 658. The van der Waals surface area contributed by atoms with Crippen molar-refractivity contribution in [3.8, 4) is 5.75 Å². The molecule has 2 heterocycles. The highest BCUT2D eigenvalue weighted by Gasteiger charge is 2.25. The largest absolute Gasteiger partial charge is 0.508 e. The molecule has 0 saturated carbocycles. The molecule has 1 atom stereocenters. The lowest BCUT2D eigenvalue weighted by atomic mass is 9.85. The molecule has 0 radical (unpaired) electrons. The van der Waals surface area contributed by atoms with E-state index in [0.29, 0.717) is 11.7 Å². The third kappa shape index (κ3) is 2.27. The summed E-state index contributed by atoms with van der Waals surface area (Å²) >= 11 is 0. The van der Waals surface area contributed by atoms with Gasteiger partial charge in [-0.05, 0) is 60.1 Å². The minimum absolute atomic E-state index is 0.340. The van der Waals surface area contributed by atoms with E-state index in [1.807, 2.05) is 12.1 Å². The summed E-state index contributed by atoms with van der Waals surface area (Å²) in [5, 5.41) is 9.48. The number of hydrogen-bond donors (Lipinski definition) is 1. The van der Waals surface area contributed by atoms with Crippen molar-refractivity contribution < 1.29 is 5.11 Å². The van der Waals surface area contributed by atoms with E-state index in [4.69, 9.17) is 0 Å². The highest BCUT2D eigenvalue weighted by Crippen LogP contribution is 2.38. The van der Waals surface area contributed by atoms with Crippen molar-refractivity contribution in [2.75, 3.05) is 18.0 Å². The van der Waals surface area contributed by atoms with Gasteiger partial charge in [-0.1, -0.05) is 31.2 Å². The normalized spacial score (nSPS) is 18.0. The van der Waals surface area contributed by atoms with Crippen molar-refractivity contribution in [2.24, 2.45) is 0 Å². The number of hydrogen-bond acceptors (Lipinski definition) is 2. The maximum absolute atomic E-state index is 9.48. The van der Waals surface area contributed by atoms with Crippen LogP contribution in [0.15, 0.2) is 36.4 Å². The fraction of sp³-hybridized carbons (Fsp3) is 0.400. The lowest BCUT2D eigenvalue weighted by Crippen LogP contribution is -2.34. The maximum Gasteiger partial charge on any atom is 0.115 e. The van der Waals surface area contributed by atoms with Crippen LogP contribution in [0.25, 0.3) is 0 Å². The first-order valence-electron chi connectivity index (χ1n) is 8.42. The van der Waals surface area contributed by atoms with E-state index in [0.717, 1.165) is 0 Å². The Morgan fingerprint density at radius 2 is 1.50 bits per heavy atom. The molecule has 1 N–H and O–H groups in total. The fourth-order valence-electron chi connectivity index (χ4n) is 4.04. The minimum atomic E-state index is 0.340. The summed E-state index contributed by atoms with van der Waals surface area (Å²) in [7, 11) is 0. The Kier molecular flexibility index (Phi) is 3.33. The lowest BCUT2D eigenvalue weighted by Gasteiger charge is -2.37. The Labute approximate surface area is 132 Å². The molecule has 0 aliphatic carbocycles. The van der Waals surface area contributed by atoms with Gasteiger partial charge in [-0.3, -0.25) is 0 Å². The van der Waals surface area contributed by atoms with Crippen LogP contribution in [-0.2, 0) is 12.8 Å². The average molecular weight is 293 g/mol. The summed E-state index contributed by atoms with van der Waals surface area (Å²) in [5.74, 6) is 0.714. The molecule has 2 aliphatic rings. The van der Waals surface area contributed by atoms with Gasteiger partial charge in [0.1, 0.15) is 5.75 Å². The molecule has 2 aromatic carbocycles. The van der Waals surface area contributed by atoms with E-state index in [1.54, 1.807) is 28.9 Å². The molecule has 0 spiro atoms. The van der Waals surface area contributed by atoms with Gasteiger partial charge in [-0.15, -0.1) is 0 Å². The number of nitrogens with zero attached hydrogens (tertiary/aromatic N) is 1. The molecule has 2 aromatic rings. The zero-order valence-electron chi connectivity index (χ0n) is 13.2. The van der Waals surface area contributed by atoms with Crippen LogP contribution in [0.2, 0.25) is 0 Å². The van der Waals surface area contributed by atoms with Crippen molar-refractivity contribution >= 4 is 5.69 Å². The number of aromatic hydroxyl groups is 1. The van der Waals surface area contributed by atoms with E-state index in [2.05, 4.69) is 24.0 Å². The van der Waals surface area contributed by atoms with Crippen LogP contribution in [0, 0.1) is 0 Å². The Morgan fingerprint density at radius 3 is 2.09 bits per heavy atom. The van der Waals surface area contributed by atoms with Crippen LogP contribution in [0.4, 0.5) is 5.69 Å². The minimum Gasteiger partial charge on any atom is -0.508 e. The average Bonchev–Trinajstić information content (AvgIpc) is 2.55. The van der Waals surface area contributed by atoms with Gasteiger partial charge in [0.2, 0.25) is 0 Å². The molecule has 0 saturated heterocycles. The topological polar surface area (TPSA) is 23.5 Å². The number of phenols is 1. The third-order valence-corrected chi connectivity index (χ3v) is 5.25. The number of benzene rings is 2. The van der Waals surface area contributed by atoms with Crippen molar-refractivity contribution in [1.82, 2.24) is 0 Å². The lowest BCUT2D eigenvalue weighted by molar-refractivity contribution is 0.475. The Balaban J connectivity index is 1.75. The van der Waals surface area contributed by atoms with Crippen LogP contribution in [-0.4, -0.2) is 18.2 Å². The first-order valence-corrected chi connectivity index (χ1v) is 8.42. The molecule has 0 amide bonds. The monoisotopic (exact) mass is 293 g/mol. The molecule has 2 heteroatoms. The zero-order chi connectivity index (χ0) is 15.1. The number of rotatable bonds is 2. The molecule has 0 bridgehead atoms. The second-order valence-corrected chi connectivity index (χ2v) is 6.70. The molecule has 4 rings (SSSR count). The van der Waals surface area contributed by atoms with E-state index < -0.39 is 0 Å². The van der Waals surface area contributed by atoms with E-state index in [9.17, 15) is 5.11 Å². The van der Waals surface area contributed by atoms with Crippen LogP contribution in [0.3, 0.4) is 0 Å². The molecule has 22 heavy (non-hydrogen) atoms. The third-order valence-electron chi connectivity index (χ3n) is 5.25. The van der Waals surface area contributed by atoms with Crippen molar-refractivity contribution in [3.63, 3.8) is 0 Å². The van der Waals surface area contributed by atoms with Gasteiger partial charge in [-0.2, -0.15) is 0 Å². The van der Waals surface area contributed by atoms with Gasteiger partial charge in [0.15, 0.2) is 0 Å². The van der Waals surface area contributed by atoms with Gasteiger partial charge in [0.25, 0.3) is 0 Å². The fourth-order valence-corrected chi connectivity index (χ4v) is 4.04. The molecule has 2 nitrogen and oxygen atoms in total. The Hall–Kier alpha value is -1.96. The summed E-state index contributed by atoms with van der Waals surface area (Å²) in [4.78, 5) is 2.59. The second kappa shape index (κ2) is 5.35. The van der Waals surface area contributed by atoms with Gasteiger partial charge in [-0.25, -0.2) is 0 Å². The zero-order valence-corrected chi connectivity index (χ0v) is 13.2. The first kappa shape index (κ1) is 13.7. The first-order chi connectivity index (χ1) is 10.7. The van der Waals surface area contributed by atoms with Crippen LogP contribution in [0.1, 0.15) is 47.9 Å². The highest BCUT2D eigenvalue weighted by molar-refractivity contribution is 5.64. The molecular weight excluding hydrogens is 270 g/mol. The van der Waals surface area contributed by atoms with E-state index in [-0.39, 0.29) is 0 Å². The predicted molar refractivity (Wildman–Crippen MR) is 90.9 cm³/mol. The summed E-state index contributed by atoms with van der Waals surface area (Å²) in [6.45, 7) is 4.73. The number of phenolic OH excluding ortho intramolecular Hbond substituents is 1. The SMILES string of the molecule is CC(c1ccc(O)cc1)c1cc2c3c(c1)CCCN3CCC2. The van der Waals surface area contributed by atoms with Crippen LogP contribution in [0.5, 0.6) is 5.75 Å². The van der Waals surface area contributed by atoms with Crippen LogP contribution < -0.4 is 4.90 Å². The summed E-state index contributed by atoms with van der Waals surface area (Å²) in [5.41, 5.74) is 7.32. The Morgan fingerprint density at radius 1 is 0.909 bits per heavy atom. The number of anilines is 1. The van der Waals surface area contributed by atoms with Gasteiger partial charge in [0.05, 0.1) is 0 Å². The smallest absolute Gasteiger partial charge is 0.115 e. The van der Waals surface area contributed by atoms with Gasteiger partial charge < -0.3 is 10.0 Å². The summed E-state index contributed by atoms with van der Waals surface area (Å²) in [6, 6.07) is 12.5. The molecule has 0 fully saturated rings. The molecule has 0 aromatic heterocycles. The standard InChI is InChI=1S/C20H23NO/c1-14(15-6-8-19(22)9-7-15)18-12-16-4-2-10-21-11-3-5-17(13-18)20(16)21/h6-9,12-14,22H,2-5,10-11H2,1H3. The van der Waals surface area contributed by atoms with Crippen molar-refractivity contribution in [1.29, 1.82) is 0 Å². The summed E-state index contributed by atoms with van der Waals surface area (Å²) in [6.07, 6.45) is 5.00. The van der Waals surface area contributed by atoms with E-state index in [1.165, 1.54) is 49.9 Å². The second-order valence-electron chi connectivity index (χ2n) is 6.70. The van der Waals surface area contributed by atoms with Gasteiger partial charge >= 0.3 is 0 Å². The van der Waals surface area contributed by atoms with Crippen molar-refractivity contribution in [2.45, 2.75) is 38.5 Å². The van der Waals surface area contributed by atoms with Gasteiger partial charge in [0, 0.05) is 24.7 Å². The summed E-state index contributed by atoms with van der Waals surface area (Å²) < 4.78 is 0. The predicted octanol–water partition coefficient (Wildman–Crippen LogP) is 4.24. The van der Waals surface area contributed by atoms with Crippen molar-refractivity contribution in [3.05, 3.63) is 58.7 Å².